The number of thioether (sulfide) groups is 1. The molecule has 1 aromatic heterocycles. The average molecular weight is 376 g/mol. The summed E-state index contributed by atoms with van der Waals surface area (Å²) in [5.41, 5.74) is 1.43. The Bertz CT molecular complexity index is 748. The maximum Gasteiger partial charge on any atom is 0.317 e. The molecule has 140 valence electrons. The number of fused-ring (bicyclic) bond motifs is 1. The summed E-state index contributed by atoms with van der Waals surface area (Å²) in [6.07, 6.45) is 2.32. The van der Waals surface area contributed by atoms with Gasteiger partial charge in [0.2, 0.25) is 0 Å². The topological polar surface area (TPSA) is 72.6 Å². The lowest BCUT2D eigenvalue weighted by Gasteiger charge is -2.40. The van der Waals surface area contributed by atoms with Crippen LogP contribution in [0.5, 0.6) is 0 Å². The molecule has 0 radical (unpaired) electrons. The fourth-order valence-corrected chi connectivity index (χ4v) is 4.00. The molecule has 1 aromatic carbocycles. The first-order valence-corrected chi connectivity index (χ1v) is 9.94. The van der Waals surface area contributed by atoms with Crippen molar-refractivity contribution in [2.24, 2.45) is 0 Å². The number of esters is 1. The maximum absolute atomic E-state index is 12.7. The third-order valence-electron chi connectivity index (χ3n) is 4.69. The Hall–Kier alpha value is -2.02. The SMILES string of the molecule is C[C@@H](OC(=O)CSc1nc2ccccc2o1)C(=O)N1[C@@H](C)CCC[C@@H]1C. The number of rotatable bonds is 5. The van der Waals surface area contributed by atoms with Crippen molar-refractivity contribution in [1.82, 2.24) is 9.88 Å². The fraction of sp³-hybridized carbons (Fsp3) is 0.526. The van der Waals surface area contributed by atoms with Crippen LogP contribution in [0.25, 0.3) is 11.1 Å². The Kier molecular flexibility index (Phi) is 5.86. The molecule has 0 bridgehead atoms. The molecule has 0 saturated carbocycles. The number of ether oxygens (including phenoxy) is 1. The van der Waals surface area contributed by atoms with Gasteiger partial charge in [-0.1, -0.05) is 23.9 Å². The number of hydrogen-bond acceptors (Lipinski definition) is 6. The van der Waals surface area contributed by atoms with Gasteiger partial charge in [0.15, 0.2) is 11.7 Å². The molecule has 3 atom stereocenters. The molecule has 7 heteroatoms. The van der Waals surface area contributed by atoms with Crippen LogP contribution in [0.1, 0.15) is 40.0 Å². The first-order valence-electron chi connectivity index (χ1n) is 8.95. The smallest absolute Gasteiger partial charge is 0.317 e. The number of carbonyl (C=O) groups is 2. The zero-order chi connectivity index (χ0) is 18.7. The van der Waals surface area contributed by atoms with E-state index in [0.29, 0.717) is 10.8 Å². The molecule has 1 aliphatic heterocycles. The number of aromatic nitrogens is 1. The van der Waals surface area contributed by atoms with Crippen LogP contribution >= 0.6 is 11.8 Å². The Balaban J connectivity index is 1.52. The lowest BCUT2D eigenvalue weighted by Crippen LogP contribution is -2.51. The lowest BCUT2D eigenvalue weighted by atomic mass is 9.97. The van der Waals surface area contributed by atoms with E-state index in [1.54, 1.807) is 6.92 Å². The van der Waals surface area contributed by atoms with Crippen LogP contribution in [0.3, 0.4) is 0 Å². The van der Waals surface area contributed by atoms with Gasteiger partial charge >= 0.3 is 5.97 Å². The molecule has 2 aromatic rings. The van der Waals surface area contributed by atoms with Crippen LogP contribution < -0.4 is 0 Å². The number of likely N-dealkylation sites (tertiary alicyclic amines) is 1. The molecule has 0 N–H and O–H groups in total. The van der Waals surface area contributed by atoms with Crippen LogP contribution in [-0.4, -0.2) is 45.7 Å². The van der Waals surface area contributed by atoms with E-state index in [1.165, 1.54) is 11.8 Å². The summed E-state index contributed by atoms with van der Waals surface area (Å²) in [4.78, 5) is 30.9. The van der Waals surface area contributed by atoms with E-state index >= 15 is 0 Å². The van der Waals surface area contributed by atoms with Crippen molar-refractivity contribution < 1.29 is 18.7 Å². The largest absolute Gasteiger partial charge is 0.452 e. The van der Waals surface area contributed by atoms with Gasteiger partial charge in [0, 0.05) is 12.1 Å². The molecule has 2 heterocycles. The van der Waals surface area contributed by atoms with Gasteiger partial charge in [-0.2, -0.15) is 0 Å². The summed E-state index contributed by atoms with van der Waals surface area (Å²) in [6.45, 7) is 5.73. The quantitative estimate of drug-likeness (QED) is 0.586. The normalized spacial score (nSPS) is 21.6. The van der Waals surface area contributed by atoms with Gasteiger partial charge in [-0.15, -0.1) is 0 Å². The highest BCUT2D eigenvalue weighted by molar-refractivity contribution is 7.99. The Morgan fingerprint density at radius 1 is 1.31 bits per heavy atom. The molecule has 0 spiro atoms. The van der Waals surface area contributed by atoms with E-state index in [2.05, 4.69) is 4.98 Å². The summed E-state index contributed by atoms with van der Waals surface area (Å²) in [5.74, 6) is -0.518. The van der Waals surface area contributed by atoms with Gasteiger partial charge in [-0.25, -0.2) is 4.98 Å². The van der Waals surface area contributed by atoms with Crippen molar-refractivity contribution in [1.29, 1.82) is 0 Å². The van der Waals surface area contributed by atoms with E-state index in [0.717, 1.165) is 24.8 Å². The predicted octanol–water partition coefficient (Wildman–Crippen LogP) is 3.64. The van der Waals surface area contributed by atoms with Gasteiger partial charge in [-0.05, 0) is 52.2 Å². The van der Waals surface area contributed by atoms with Crippen molar-refractivity contribution >= 4 is 34.7 Å². The van der Waals surface area contributed by atoms with Crippen molar-refractivity contribution in [2.75, 3.05) is 5.75 Å². The van der Waals surface area contributed by atoms with Crippen LogP contribution in [-0.2, 0) is 14.3 Å². The highest BCUT2D eigenvalue weighted by atomic mass is 32.2. The van der Waals surface area contributed by atoms with Crippen LogP contribution in [0.4, 0.5) is 0 Å². The minimum absolute atomic E-state index is 0.0511. The fourth-order valence-electron chi connectivity index (χ4n) is 3.38. The Labute approximate surface area is 157 Å². The number of para-hydroxylation sites is 2. The van der Waals surface area contributed by atoms with Crippen molar-refractivity contribution in [2.45, 2.75) is 63.4 Å². The lowest BCUT2D eigenvalue weighted by molar-refractivity contribution is -0.160. The number of hydrogen-bond donors (Lipinski definition) is 0. The molecule has 1 fully saturated rings. The molecule has 6 nitrogen and oxygen atoms in total. The van der Waals surface area contributed by atoms with E-state index in [1.807, 2.05) is 43.0 Å². The van der Waals surface area contributed by atoms with Crippen molar-refractivity contribution in [3.05, 3.63) is 24.3 Å². The Morgan fingerprint density at radius 2 is 2.00 bits per heavy atom. The molecular weight excluding hydrogens is 352 g/mol. The Morgan fingerprint density at radius 3 is 2.69 bits per heavy atom. The molecule has 0 aliphatic carbocycles. The minimum atomic E-state index is -0.783. The second-order valence-electron chi connectivity index (χ2n) is 6.74. The van der Waals surface area contributed by atoms with Gasteiger partial charge in [-0.3, -0.25) is 9.59 Å². The average Bonchev–Trinajstić information content (AvgIpc) is 3.02. The van der Waals surface area contributed by atoms with Crippen molar-refractivity contribution in [3.8, 4) is 0 Å². The van der Waals surface area contributed by atoms with E-state index in [9.17, 15) is 9.59 Å². The van der Waals surface area contributed by atoms with Gasteiger partial charge in [0.25, 0.3) is 11.1 Å². The van der Waals surface area contributed by atoms with Gasteiger partial charge in [0.1, 0.15) is 11.3 Å². The monoisotopic (exact) mass is 376 g/mol. The number of nitrogens with zero attached hydrogens (tertiary/aromatic N) is 2. The molecule has 26 heavy (non-hydrogen) atoms. The highest BCUT2D eigenvalue weighted by Crippen LogP contribution is 2.25. The molecule has 1 saturated heterocycles. The van der Waals surface area contributed by atoms with Gasteiger partial charge in [0.05, 0.1) is 0 Å². The summed E-state index contributed by atoms with van der Waals surface area (Å²) in [7, 11) is 0. The first kappa shape index (κ1) is 18.8. The minimum Gasteiger partial charge on any atom is -0.452 e. The zero-order valence-electron chi connectivity index (χ0n) is 15.3. The van der Waals surface area contributed by atoms with E-state index in [-0.39, 0.29) is 23.7 Å². The highest BCUT2D eigenvalue weighted by Gasteiger charge is 2.33. The van der Waals surface area contributed by atoms with Crippen molar-refractivity contribution in [3.63, 3.8) is 0 Å². The number of piperidine rings is 1. The number of carbonyl (C=O) groups excluding carboxylic acids is 2. The standard InChI is InChI=1S/C19H24N2O4S/c1-12-7-6-8-13(2)21(12)18(23)14(3)24-17(22)11-26-19-20-15-9-4-5-10-16(15)25-19/h4-5,9-10,12-14H,6-8,11H2,1-3H3/t12-,13-,14+/m0/s1. The molecule has 1 aliphatic rings. The third-order valence-corrected chi connectivity index (χ3v) is 5.49. The second-order valence-corrected chi connectivity index (χ2v) is 7.67. The first-order chi connectivity index (χ1) is 12.5. The molecule has 0 unspecified atom stereocenters. The van der Waals surface area contributed by atoms with Crippen LogP contribution in [0.15, 0.2) is 33.9 Å². The third kappa shape index (κ3) is 4.20. The second kappa shape index (κ2) is 8.12. The van der Waals surface area contributed by atoms with Crippen LogP contribution in [0, 0.1) is 0 Å². The summed E-state index contributed by atoms with van der Waals surface area (Å²) in [6, 6.07) is 7.79. The van der Waals surface area contributed by atoms with E-state index < -0.39 is 12.1 Å². The van der Waals surface area contributed by atoms with Crippen LogP contribution in [0.2, 0.25) is 0 Å². The summed E-state index contributed by atoms with van der Waals surface area (Å²) in [5, 5.41) is 0.417. The number of amides is 1. The summed E-state index contributed by atoms with van der Waals surface area (Å²) >= 11 is 1.17. The molecular formula is C19H24N2O4S. The summed E-state index contributed by atoms with van der Waals surface area (Å²) < 4.78 is 10.9. The molecule has 1 amide bonds. The maximum atomic E-state index is 12.7. The molecule has 3 rings (SSSR count). The number of oxazole rings is 1. The predicted molar refractivity (Wildman–Crippen MR) is 99.9 cm³/mol. The number of benzene rings is 1. The zero-order valence-corrected chi connectivity index (χ0v) is 16.1. The van der Waals surface area contributed by atoms with E-state index in [4.69, 9.17) is 9.15 Å². The van der Waals surface area contributed by atoms with Gasteiger partial charge < -0.3 is 14.1 Å².